The maximum atomic E-state index is 13.3. The van der Waals surface area contributed by atoms with Crippen LogP contribution in [0.1, 0.15) is 12.1 Å². The fourth-order valence-corrected chi connectivity index (χ4v) is 5.25. The molecular weight excluding hydrogens is 479 g/mol. The average molecular weight is 503 g/mol. The third-order valence-corrected chi connectivity index (χ3v) is 7.37. The predicted molar refractivity (Wildman–Crippen MR) is 128 cm³/mol. The van der Waals surface area contributed by atoms with E-state index in [0.717, 1.165) is 34.3 Å². The Hall–Kier alpha value is -2.77. The quantitative estimate of drug-likeness (QED) is 0.574. The van der Waals surface area contributed by atoms with Gasteiger partial charge in [-0.1, -0.05) is 23.2 Å². The van der Waals surface area contributed by atoms with Crippen LogP contribution in [-0.2, 0) is 22.6 Å². The number of hydrogen-bond acceptors (Lipinski definition) is 6. The minimum Gasteiger partial charge on any atom is -0.478 e. The van der Waals surface area contributed by atoms with E-state index < -0.39 is 0 Å². The number of nitrogens with one attached hydrogen (secondary N) is 1. The zero-order valence-electron chi connectivity index (χ0n) is 18.7. The standard InChI is InChI=1S/C23H24Cl2N6O3/c1-29-5-7-33-13-15(29)8-19(32)30-3-4-31-17(12-30)20(14-10-27-28-11-14)21-18(34-6-2-26)9-16(24)22(25)23(21)31/h9-11,15H,3-8,12-13H2,1H3,(H,27,28). The number of nitrogens with zero attached hydrogens (tertiary/aromatic N) is 5. The van der Waals surface area contributed by atoms with Gasteiger partial charge < -0.3 is 18.9 Å². The fourth-order valence-electron chi connectivity index (χ4n) is 4.81. The maximum Gasteiger partial charge on any atom is 0.224 e. The number of morpholine rings is 1. The third kappa shape index (κ3) is 4.01. The van der Waals surface area contributed by atoms with Gasteiger partial charge in [0.25, 0.3) is 0 Å². The Morgan fingerprint density at radius 2 is 2.24 bits per heavy atom. The molecule has 0 aliphatic carbocycles. The lowest BCUT2D eigenvalue weighted by atomic mass is 10.0. The number of H-pyrrole nitrogens is 1. The van der Waals surface area contributed by atoms with Gasteiger partial charge in [-0.05, 0) is 7.05 Å². The number of aromatic nitrogens is 3. The second-order valence-corrected chi connectivity index (χ2v) is 9.32. The molecule has 2 aliphatic heterocycles. The van der Waals surface area contributed by atoms with Crippen LogP contribution in [0.15, 0.2) is 18.5 Å². The molecule has 0 saturated carbocycles. The molecule has 178 valence electrons. The summed E-state index contributed by atoms with van der Waals surface area (Å²) in [7, 11) is 2.03. The molecule has 1 unspecified atom stereocenters. The van der Waals surface area contributed by atoms with Crippen LogP contribution in [0.4, 0.5) is 0 Å². The first-order valence-corrected chi connectivity index (χ1v) is 11.8. The van der Waals surface area contributed by atoms with Crippen LogP contribution in [-0.4, -0.2) is 76.5 Å². The van der Waals surface area contributed by atoms with Gasteiger partial charge in [-0.25, -0.2) is 0 Å². The first kappa shape index (κ1) is 23.0. The molecule has 1 N–H and O–H groups in total. The van der Waals surface area contributed by atoms with Crippen molar-refractivity contribution in [3.8, 4) is 22.9 Å². The van der Waals surface area contributed by atoms with Crippen LogP contribution in [0.2, 0.25) is 10.0 Å². The zero-order chi connectivity index (χ0) is 23.8. The van der Waals surface area contributed by atoms with Gasteiger partial charge in [0.2, 0.25) is 5.91 Å². The lowest BCUT2D eigenvalue weighted by molar-refractivity contribution is -0.135. The lowest BCUT2D eigenvalue weighted by Gasteiger charge is -2.35. The molecule has 1 atom stereocenters. The van der Waals surface area contributed by atoms with Gasteiger partial charge in [0, 0.05) is 61.2 Å². The van der Waals surface area contributed by atoms with Gasteiger partial charge in [0.1, 0.15) is 11.8 Å². The van der Waals surface area contributed by atoms with Crippen LogP contribution in [0.3, 0.4) is 0 Å². The molecule has 2 aromatic heterocycles. The van der Waals surface area contributed by atoms with Gasteiger partial charge in [0.15, 0.2) is 6.61 Å². The summed E-state index contributed by atoms with van der Waals surface area (Å²) in [6, 6.07) is 3.72. The summed E-state index contributed by atoms with van der Waals surface area (Å²) in [6.45, 7) is 3.47. The van der Waals surface area contributed by atoms with Gasteiger partial charge in [-0.15, -0.1) is 0 Å². The minimum absolute atomic E-state index is 0.0709. The molecule has 11 heteroatoms. The molecule has 0 bridgehead atoms. The van der Waals surface area contributed by atoms with Crippen molar-refractivity contribution in [1.82, 2.24) is 24.6 Å². The summed E-state index contributed by atoms with van der Waals surface area (Å²) in [5, 5.41) is 17.6. The van der Waals surface area contributed by atoms with E-state index in [1.807, 2.05) is 18.0 Å². The van der Waals surface area contributed by atoms with E-state index in [9.17, 15) is 4.79 Å². The number of carbonyl (C=O) groups excluding carboxylic acids is 1. The van der Waals surface area contributed by atoms with Crippen molar-refractivity contribution in [1.29, 1.82) is 5.26 Å². The van der Waals surface area contributed by atoms with Crippen molar-refractivity contribution >= 4 is 40.0 Å². The molecule has 3 aromatic rings. The number of hydrogen-bond donors (Lipinski definition) is 1. The molecule has 1 saturated heterocycles. The van der Waals surface area contributed by atoms with E-state index in [2.05, 4.69) is 19.7 Å². The number of nitriles is 1. The molecule has 0 spiro atoms. The molecule has 34 heavy (non-hydrogen) atoms. The first-order chi connectivity index (χ1) is 16.5. The minimum atomic E-state index is -0.125. The molecule has 1 aromatic carbocycles. The Labute approximate surface area is 206 Å². The number of likely N-dealkylation sites (N-methyl/N-ethyl adjacent to an activating group) is 1. The summed E-state index contributed by atoms with van der Waals surface area (Å²) in [5.41, 5.74) is 3.37. The summed E-state index contributed by atoms with van der Waals surface area (Å²) in [4.78, 5) is 17.3. The number of amides is 1. The summed E-state index contributed by atoms with van der Waals surface area (Å²) in [5.74, 6) is 0.560. The fraction of sp³-hybridized carbons (Fsp3) is 0.435. The molecule has 4 heterocycles. The topological polar surface area (TPSA) is 99.4 Å². The first-order valence-electron chi connectivity index (χ1n) is 11.1. The monoisotopic (exact) mass is 502 g/mol. The van der Waals surface area contributed by atoms with E-state index in [1.165, 1.54) is 0 Å². The highest BCUT2D eigenvalue weighted by Gasteiger charge is 2.32. The Morgan fingerprint density at radius 1 is 1.38 bits per heavy atom. The second-order valence-electron chi connectivity index (χ2n) is 8.53. The predicted octanol–water partition coefficient (Wildman–Crippen LogP) is 3.30. The average Bonchev–Trinajstić information content (AvgIpc) is 3.47. The van der Waals surface area contributed by atoms with Crippen molar-refractivity contribution in [3.05, 3.63) is 34.2 Å². The van der Waals surface area contributed by atoms with Crippen molar-refractivity contribution < 1.29 is 14.3 Å². The number of halogens is 2. The van der Waals surface area contributed by atoms with Crippen molar-refractivity contribution in [3.63, 3.8) is 0 Å². The number of fused-ring (bicyclic) bond motifs is 3. The molecule has 2 aliphatic rings. The van der Waals surface area contributed by atoms with Crippen LogP contribution in [0, 0.1) is 11.3 Å². The van der Waals surface area contributed by atoms with Crippen molar-refractivity contribution in [2.24, 2.45) is 0 Å². The van der Waals surface area contributed by atoms with E-state index >= 15 is 0 Å². The van der Waals surface area contributed by atoms with Gasteiger partial charge >= 0.3 is 0 Å². The number of benzene rings is 1. The van der Waals surface area contributed by atoms with E-state index in [1.54, 1.807) is 18.5 Å². The van der Waals surface area contributed by atoms with Gasteiger partial charge in [0.05, 0.1) is 46.9 Å². The Kier molecular flexibility index (Phi) is 6.40. The van der Waals surface area contributed by atoms with E-state index in [0.29, 0.717) is 55.1 Å². The van der Waals surface area contributed by atoms with Crippen LogP contribution in [0.5, 0.6) is 5.75 Å². The van der Waals surface area contributed by atoms with Gasteiger partial charge in [-0.2, -0.15) is 10.4 Å². The number of rotatable bonds is 5. The highest BCUT2D eigenvalue weighted by Crippen LogP contribution is 2.47. The van der Waals surface area contributed by atoms with Crippen LogP contribution in [0.25, 0.3) is 22.0 Å². The normalized spacial score (nSPS) is 18.6. The van der Waals surface area contributed by atoms with Crippen LogP contribution >= 0.6 is 23.2 Å². The molecule has 5 rings (SSSR count). The van der Waals surface area contributed by atoms with Crippen LogP contribution < -0.4 is 4.74 Å². The largest absolute Gasteiger partial charge is 0.478 e. The van der Waals surface area contributed by atoms with Crippen molar-refractivity contribution in [2.75, 3.05) is 40.0 Å². The van der Waals surface area contributed by atoms with E-state index in [4.69, 9.17) is 37.9 Å². The summed E-state index contributed by atoms with van der Waals surface area (Å²) >= 11 is 13.1. The molecule has 9 nitrogen and oxygen atoms in total. The summed E-state index contributed by atoms with van der Waals surface area (Å²) < 4.78 is 13.4. The smallest absolute Gasteiger partial charge is 0.224 e. The molecular formula is C23H24Cl2N6O3. The Bertz CT molecular complexity index is 1270. The number of aromatic amines is 1. The highest BCUT2D eigenvalue weighted by molar-refractivity contribution is 6.45. The third-order valence-electron chi connectivity index (χ3n) is 6.59. The van der Waals surface area contributed by atoms with Crippen molar-refractivity contribution in [2.45, 2.75) is 25.6 Å². The Morgan fingerprint density at radius 3 is 2.97 bits per heavy atom. The Balaban J connectivity index is 1.58. The highest BCUT2D eigenvalue weighted by atomic mass is 35.5. The zero-order valence-corrected chi connectivity index (χ0v) is 20.2. The SMILES string of the molecule is CN1CCOCC1CC(=O)N1CCn2c(c(-c3cn[nH]c3)c3c(OCC#N)cc(Cl)c(Cl)c32)C1. The number of ether oxygens (including phenoxy) is 2. The molecule has 0 radical (unpaired) electrons. The van der Waals surface area contributed by atoms with E-state index in [-0.39, 0.29) is 18.6 Å². The second kappa shape index (κ2) is 9.47. The molecule has 1 amide bonds. The lowest BCUT2D eigenvalue weighted by Crippen LogP contribution is -2.47. The number of carbonyl (C=O) groups is 1. The van der Waals surface area contributed by atoms with Gasteiger partial charge in [-0.3, -0.25) is 14.8 Å². The summed E-state index contributed by atoms with van der Waals surface area (Å²) in [6.07, 6.45) is 3.92. The molecule has 1 fully saturated rings. The maximum absolute atomic E-state index is 13.3.